The van der Waals surface area contributed by atoms with Gasteiger partial charge in [0.25, 0.3) is 11.6 Å². The number of amides is 1. The van der Waals surface area contributed by atoms with Crippen LogP contribution in [0.1, 0.15) is 22.8 Å². The average molecular weight is 432 g/mol. The molecule has 30 heavy (non-hydrogen) atoms. The van der Waals surface area contributed by atoms with E-state index in [1.165, 1.54) is 24.6 Å². The molecule has 0 saturated carbocycles. The number of piperazine rings is 1. The summed E-state index contributed by atoms with van der Waals surface area (Å²) in [6, 6.07) is 13.8. The predicted octanol–water partition coefficient (Wildman–Crippen LogP) is 3.14. The summed E-state index contributed by atoms with van der Waals surface area (Å²) in [7, 11) is 0. The Hall–Kier alpha value is -2.97. The largest absolute Gasteiger partial charge is 0.449 e. The first-order chi connectivity index (χ1) is 14.3. The van der Waals surface area contributed by atoms with Crippen LogP contribution in [0.3, 0.4) is 0 Å². The van der Waals surface area contributed by atoms with Crippen molar-refractivity contribution in [1.82, 2.24) is 9.80 Å². The highest BCUT2D eigenvalue weighted by molar-refractivity contribution is 6.32. The van der Waals surface area contributed by atoms with E-state index in [-0.39, 0.29) is 22.2 Å². The van der Waals surface area contributed by atoms with E-state index in [0.717, 1.165) is 25.7 Å². The van der Waals surface area contributed by atoms with Crippen molar-refractivity contribution in [2.24, 2.45) is 0 Å². The highest BCUT2D eigenvalue weighted by atomic mass is 35.5. The van der Waals surface area contributed by atoms with Crippen molar-refractivity contribution in [3.8, 4) is 0 Å². The Morgan fingerprint density at radius 3 is 2.43 bits per heavy atom. The fraction of sp³-hybridized carbons (Fsp3) is 0.333. The van der Waals surface area contributed by atoms with Crippen molar-refractivity contribution in [3.63, 3.8) is 0 Å². The molecule has 0 aliphatic carbocycles. The first-order valence-corrected chi connectivity index (χ1v) is 9.93. The quantitative estimate of drug-likeness (QED) is 0.396. The van der Waals surface area contributed by atoms with Gasteiger partial charge in [-0.15, -0.1) is 0 Å². The van der Waals surface area contributed by atoms with E-state index in [1.54, 1.807) is 4.90 Å². The third kappa shape index (κ3) is 5.34. The van der Waals surface area contributed by atoms with Crippen molar-refractivity contribution < 1.29 is 19.2 Å². The summed E-state index contributed by atoms with van der Waals surface area (Å²) in [5.74, 6) is -1.09. The zero-order valence-corrected chi connectivity index (χ0v) is 17.2. The van der Waals surface area contributed by atoms with Crippen LogP contribution in [0, 0.1) is 10.1 Å². The maximum absolute atomic E-state index is 12.7. The third-order valence-electron chi connectivity index (χ3n) is 4.94. The van der Waals surface area contributed by atoms with E-state index in [4.69, 9.17) is 16.3 Å². The average Bonchev–Trinajstić information content (AvgIpc) is 2.74. The second-order valence-electron chi connectivity index (χ2n) is 7.06. The molecule has 8 nitrogen and oxygen atoms in total. The zero-order chi connectivity index (χ0) is 21.7. The van der Waals surface area contributed by atoms with Crippen molar-refractivity contribution in [2.75, 3.05) is 26.2 Å². The molecule has 0 aromatic heterocycles. The van der Waals surface area contributed by atoms with Gasteiger partial charge in [-0.2, -0.15) is 0 Å². The van der Waals surface area contributed by atoms with E-state index in [2.05, 4.69) is 17.0 Å². The van der Waals surface area contributed by atoms with Gasteiger partial charge in [0, 0.05) is 38.8 Å². The van der Waals surface area contributed by atoms with E-state index >= 15 is 0 Å². The number of nitrogens with zero attached hydrogens (tertiary/aromatic N) is 3. The third-order valence-corrected chi connectivity index (χ3v) is 5.26. The van der Waals surface area contributed by atoms with Crippen LogP contribution in [0.25, 0.3) is 0 Å². The van der Waals surface area contributed by atoms with Crippen LogP contribution in [-0.4, -0.2) is 58.9 Å². The van der Waals surface area contributed by atoms with Crippen LogP contribution in [-0.2, 0) is 16.1 Å². The van der Waals surface area contributed by atoms with Crippen LogP contribution in [0.15, 0.2) is 48.5 Å². The van der Waals surface area contributed by atoms with Crippen LogP contribution in [0.5, 0.6) is 0 Å². The number of nitro groups is 1. The molecule has 158 valence electrons. The molecular formula is C21H22ClN3O5. The first-order valence-electron chi connectivity index (χ1n) is 9.55. The molecule has 0 bridgehead atoms. The highest BCUT2D eigenvalue weighted by Gasteiger charge is 2.28. The molecule has 0 N–H and O–H groups in total. The van der Waals surface area contributed by atoms with Gasteiger partial charge in [-0.25, -0.2) is 4.79 Å². The fourth-order valence-corrected chi connectivity index (χ4v) is 3.47. The molecular weight excluding hydrogens is 410 g/mol. The first kappa shape index (κ1) is 21.7. The molecule has 2 aromatic carbocycles. The summed E-state index contributed by atoms with van der Waals surface area (Å²) in [4.78, 5) is 39.2. The number of benzene rings is 2. The molecule has 1 atom stereocenters. The zero-order valence-electron chi connectivity index (χ0n) is 16.5. The predicted molar refractivity (Wildman–Crippen MR) is 111 cm³/mol. The van der Waals surface area contributed by atoms with E-state index in [9.17, 15) is 19.7 Å². The number of rotatable bonds is 6. The molecule has 2 aromatic rings. The molecule has 0 spiro atoms. The van der Waals surface area contributed by atoms with Gasteiger partial charge in [0.1, 0.15) is 5.02 Å². The number of ether oxygens (including phenoxy) is 1. The molecule has 1 saturated heterocycles. The van der Waals surface area contributed by atoms with Crippen LogP contribution < -0.4 is 0 Å². The fourth-order valence-electron chi connectivity index (χ4n) is 3.28. The summed E-state index contributed by atoms with van der Waals surface area (Å²) in [6.45, 7) is 4.86. The minimum atomic E-state index is -0.993. The molecule has 1 aliphatic heterocycles. The molecule has 0 radical (unpaired) electrons. The van der Waals surface area contributed by atoms with Gasteiger partial charge in [0.15, 0.2) is 6.10 Å². The van der Waals surface area contributed by atoms with Crippen LogP contribution >= 0.6 is 11.6 Å². The van der Waals surface area contributed by atoms with Crippen molar-refractivity contribution in [1.29, 1.82) is 0 Å². The SMILES string of the molecule is C[C@H](OC(=O)c1ccc(Cl)c([N+](=O)[O-])c1)C(=O)N1CCN(Cc2ccccc2)CC1. The Balaban J connectivity index is 1.53. The Labute approximate surface area is 179 Å². The lowest BCUT2D eigenvalue weighted by atomic mass is 10.2. The van der Waals surface area contributed by atoms with Gasteiger partial charge in [-0.05, 0) is 24.6 Å². The van der Waals surface area contributed by atoms with Crippen molar-refractivity contribution in [2.45, 2.75) is 19.6 Å². The minimum absolute atomic E-state index is 0.0292. The number of nitro benzene ring substituents is 1. The van der Waals surface area contributed by atoms with E-state index in [0.29, 0.717) is 13.1 Å². The van der Waals surface area contributed by atoms with Crippen LogP contribution in [0.2, 0.25) is 5.02 Å². The summed E-state index contributed by atoms with van der Waals surface area (Å²) in [5.41, 5.74) is 0.801. The molecule has 3 rings (SSSR count). The number of hydrogen-bond donors (Lipinski definition) is 0. The maximum Gasteiger partial charge on any atom is 0.339 e. The normalized spacial score (nSPS) is 15.5. The molecule has 1 heterocycles. The van der Waals surface area contributed by atoms with Crippen molar-refractivity contribution in [3.05, 3.63) is 74.8 Å². The highest BCUT2D eigenvalue weighted by Crippen LogP contribution is 2.25. The summed E-state index contributed by atoms with van der Waals surface area (Å²) >= 11 is 5.76. The topological polar surface area (TPSA) is 93.0 Å². The number of halogens is 1. The van der Waals surface area contributed by atoms with Gasteiger partial charge in [0.05, 0.1) is 10.5 Å². The second kappa shape index (κ2) is 9.69. The lowest BCUT2D eigenvalue weighted by molar-refractivity contribution is -0.384. The number of carbonyl (C=O) groups is 2. The summed E-state index contributed by atoms with van der Waals surface area (Å²) < 4.78 is 5.24. The molecule has 1 aliphatic rings. The van der Waals surface area contributed by atoms with Gasteiger partial charge < -0.3 is 9.64 Å². The van der Waals surface area contributed by atoms with E-state index in [1.807, 2.05) is 18.2 Å². The lowest BCUT2D eigenvalue weighted by Gasteiger charge is -2.35. The maximum atomic E-state index is 12.7. The Kier molecular flexibility index (Phi) is 7.02. The summed E-state index contributed by atoms with van der Waals surface area (Å²) in [5, 5.41) is 10.9. The Morgan fingerprint density at radius 2 is 1.80 bits per heavy atom. The molecule has 0 unspecified atom stereocenters. The van der Waals surface area contributed by atoms with Crippen molar-refractivity contribution >= 4 is 29.2 Å². The number of carbonyl (C=O) groups excluding carboxylic acids is 2. The van der Waals surface area contributed by atoms with Gasteiger partial charge in [-0.3, -0.25) is 19.8 Å². The monoisotopic (exact) mass is 431 g/mol. The lowest BCUT2D eigenvalue weighted by Crippen LogP contribution is -2.51. The number of hydrogen-bond acceptors (Lipinski definition) is 6. The standard InChI is InChI=1S/C21H22ClN3O5/c1-15(30-21(27)17-7-8-18(22)19(13-17)25(28)29)20(26)24-11-9-23(10-12-24)14-16-5-3-2-4-6-16/h2-8,13,15H,9-12,14H2,1H3/t15-/m0/s1. The minimum Gasteiger partial charge on any atom is -0.449 e. The number of esters is 1. The summed E-state index contributed by atoms with van der Waals surface area (Å²) in [6.07, 6.45) is -0.993. The molecule has 9 heteroatoms. The van der Waals surface area contributed by atoms with Gasteiger partial charge in [-0.1, -0.05) is 41.9 Å². The van der Waals surface area contributed by atoms with Gasteiger partial charge in [0.2, 0.25) is 0 Å². The second-order valence-corrected chi connectivity index (χ2v) is 7.47. The van der Waals surface area contributed by atoms with E-state index < -0.39 is 17.0 Å². The molecule has 1 fully saturated rings. The smallest absolute Gasteiger partial charge is 0.339 e. The van der Waals surface area contributed by atoms with Gasteiger partial charge >= 0.3 is 5.97 Å². The van der Waals surface area contributed by atoms with Crippen LogP contribution in [0.4, 0.5) is 5.69 Å². The molecule has 1 amide bonds. The Bertz CT molecular complexity index is 929. The Morgan fingerprint density at radius 1 is 1.13 bits per heavy atom.